The Balaban J connectivity index is 3.58. The second kappa shape index (κ2) is 35.4. The summed E-state index contributed by atoms with van der Waals surface area (Å²) in [6.45, 7) is 5.04. The lowest BCUT2D eigenvalue weighted by Crippen LogP contribution is -2.23. The summed E-state index contributed by atoms with van der Waals surface area (Å²) in [5.41, 5.74) is 5.82. The van der Waals surface area contributed by atoms with Crippen molar-refractivity contribution in [3.63, 3.8) is 0 Å². The van der Waals surface area contributed by atoms with Crippen LogP contribution in [0.25, 0.3) is 0 Å². The van der Waals surface area contributed by atoms with Gasteiger partial charge in [-0.25, -0.2) is 4.57 Å². The molecule has 0 aromatic carbocycles. The number of phosphoric acid groups is 1. The minimum Gasteiger partial charge on any atom is -0.328 e. The third kappa shape index (κ3) is 34.4. The van der Waals surface area contributed by atoms with Crippen molar-refractivity contribution < 1.29 is 18.5 Å². The minimum atomic E-state index is -4.04. The zero-order valence-electron chi connectivity index (χ0n) is 29.5. The summed E-state index contributed by atoms with van der Waals surface area (Å²) in [6, 6.07) is 0. The highest BCUT2D eigenvalue weighted by Gasteiger charge is 2.25. The van der Waals surface area contributed by atoms with E-state index in [9.17, 15) is 9.46 Å². The van der Waals surface area contributed by atoms with E-state index in [4.69, 9.17) is 14.8 Å². The van der Waals surface area contributed by atoms with E-state index >= 15 is 0 Å². The van der Waals surface area contributed by atoms with Gasteiger partial charge in [0.1, 0.15) is 0 Å². The number of nitrogens with two attached hydrogens (primary N) is 1. The van der Waals surface area contributed by atoms with Crippen molar-refractivity contribution in [2.24, 2.45) is 5.73 Å². The molecule has 2 unspecified atom stereocenters. The van der Waals surface area contributed by atoms with Crippen LogP contribution < -0.4 is 5.73 Å². The molecular weight excluding hydrogens is 565 g/mol. The summed E-state index contributed by atoms with van der Waals surface area (Å²) in [7, 11) is -4.04. The van der Waals surface area contributed by atoms with Crippen molar-refractivity contribution in [1.82, 2.24) is 0 Å². The Hall–Kier alpha value is -0.450. The highest BCUT2D eigenvalue weighted by Crippen LogP contribution is 2.45. The van der Waals surface area contributed by atoms with E-state index in [0.29, 0.717) is 6.42 Å². The van der Waals surface area contributed by atoms with Gasteiger partial charge in [0.2, 0.25) is 0 Å². The molecule has 5 nitrogen and oxygen atoms in total. The first-order valence-electron chi connectivity index (χ1n) is 19.2. The summed E-state index contributed by atoms with van der Waals surface area (Å²) in [6.07, 6.45) is 44.7. The fourth-order valence-electron chi connectivity index (χ4n) is 5.58. The van der Waals surface area contributed by atoms with Crippen LogP contribution in [0.4, 0.5) is 0 Å². The number of unbranched alkanes of at least 4 members (excludes halogenated alkanes) is 24. The van der Waals surface area contributed by atoms with Gasteiger partial charge in [0.25, 0.3) is 0 Å². The first-order chi connectivity index (χ1) is 21.6. The molecule has 44 heavy (non-hydrogen) atoms. The molecule has 0 heterocycles. The molecule has 0 aliphatic heterocycles. The smallest absolute Gasteiger partial charge is 0.328 e. The van der Waals surface area contributed by atoms with Crippen LogP contribution in [0.5, 0.6) is 0 Å². The average molecular weight is 642 g/mol. The van der Waals surface area contributed by atoms with Crippen LogP contribution in [-0.2, 0) is 13.6 Å². The van der Waals surface area contributed by atoms with Gasteiger partial charge in [0, 0.05) is 6.54 Å². The maximum atomic E-state index is 12.4. The van der Waals surface area contributed by atoms with Crippen molar-refractivity contribution in [1.29, 1.82) is 0 Å². The first kappa shape index (κ1) is 43.5. The van der Waals surface area contributed by atoms with E-state index in [1.54, 1.807) is 0 Å². The third-order valence-corrected chi connectivity index (χ3v) is 9.57. The topological polar surface area (TPSA) is 81.8 Å². The van der Waals surface area contributed by atoms with Gasteiger partial charge in [-0.15, -0.1) is 0 Å². The lowest BCUT2D eigenvalue weighted by molar-refractivity contribution is 0.100. The fourth-order valence-corrected chi connectivity index (χ4v) is 6.57. The van der Waals surface area contributed by atoms with Crippen LogP contribution in [0, 0.1) is 0 Å². The van der Waals surface area contributed by atoms with Crippen LogP contribution >= 0.6 is 7.82 Å². The molecular formula is C38H76NO4P. The average Bonchev–Trinajstić information content (AvgIpc) is 3.01. The standard InChI is InChI=1S/C38H76NO4P/c1-3-5-7-9-11-13-15-17-19-21-23-25-27-29-31-33-35-38(37-39)43-44(40,41)42-36-34-32-30-28-26-24-22-20-18-16-14-12-10-8-6-4-2/h17-20,38H,3-16,21-37,39H2,1-2H3,(H,40,41). The van der Waals surface area contributed by atoms with Crippen LogP contribution in [0.1, 0.15) is 200 Å². The van der Waals surface area contributed by atoms with Crippen molar-refractivity contribution >= 4 is 7.82 Å². The maximum absolute atomic E-state index is 12.4. The van der Waals surface area contributed by atoms with Crippen LogP contribution in [0.15, 0.2) is 24.3 Å². The molecule has 0 bridgehead atoms. The zero-order chi connectivity index (χ0) is 32.2. The Kier molecular flexibility index (Phi) is 35.0. The molecule has 0 aromatic rings. The van der Waals surface area contributed by atoms with Gasteiger partial charge in [0.15, 0.2) is 0 Å². The number of phosphoric ester groups is 1. The molecule has 0 spiro atoms. The van der Waals surface area contributed by atoms with Crippen molar-refractivity contribution in [3.05, 3.63) is 24.3 Å². The Bertz CT molecular complexity index is 669. The summed E-state index contributed by atoms with van der Waals surface area (Å²) in [5.74, 6) is 0. The van der Waals surface area contributed by atoms with E-state index in [-0.39, 0.29) is 13.2 Å². The molecule has 0 amide bonds. The van der Waals surface area contributed by atoms with Crippen LogP contribution in [-0.4, -0.2) is 24.1 Å². The summed E-state index contributed by atoms with van der Waals surface area (Å²) in [5, 5.41) is 0. The van der Waals surface area contributed by atoms with Gasteiger partial charge in [-0.1, -0.05) is 160 Å². The van der Waals surface area contributed by atoms with Gasteiger partial charge in [-0.3, -0.25) is 9.05 Å². The Morgan fingerprint density at radius 1 is 0.545 bits per heavy atom. The molecule has 0 fully saturated rings. The molecule has 0 saturated carbocycles. The molecule has 6 heteroatoms. The Morgan fingerprint density at radius 3 is 1.27 bits per heavy atom. The number of hydrogen-bond donors (Lipinski definition) is 2. The van der Waals surface area contributed by atoms with Crippen molar-refractivity contribution in [2.75, 3.05) is 13.2 Å². The van der Waals surface area contributed by atoms with E-state index < -0.39 is 13.9 Å². The highest BCUT2D eigenvalue weighted by atomic mass is 31.2. The summed E-state index contributed by atoms with van der Waals surface area (Å²) >= 11 is 0. The Labute approximate surface area is 275 Å². The normalized spacial score (nSPS) is 14.2. The minimum absolute atomic E-state index is 0.243. The van der Waals surface area contributed by atoms with E-state index in [0.717, 1.165) is 32.1 Å². The predicted octanol–water partition coefficient (Wildman–Crippen LogP) is 12.9. The van der Waals surface area contributed by atoms with Gasteiger partial charge >= 0.3 is 7.82 Å². The first-order valence-corrected chi connectivity index (χ1v) is 20.7. The lowest BCUT2D eigenvalue weighted by atomic mass is 10.1. The van der Waals surface area contributed by atoms with Gasteiger partial charge in [-0.05, 0) is 64.2 Å². The van der Waals surface area contributed by atoms with E-state index in [2.05, 4.69) is 38.2 Å². The second-order valence-corrected chi connectivity index (χ2v) is 14.3. The highest BCUT2D eigenvalue weighted by molar-refractivity contribution is 7.47. The second-order valence-electron chi connectivity index (χ2n) is 12.9. The van der Waals surface area contributed by atoms with Gasteiger partial charge in [0.05, 0.1) is 12.7 Å². The van der Waals surface area contributed by atoms with Crippen molar-refractivity contribution in [2.45, 2.75) is 206 Å². The lowest BCUT2D eigenvalue weighted by Gasteiger charge is -2.19. The van der Waals surface area contributed by atoms with Crippen LogP contribution in [0.3, 0.4) is 0 Å². The van der Waals surface area contributed by atoms with Gasteiger partial charge < -0.3 is 10.6 Å². The van der Waals surface area contributed by atoms with E-state index in [1.807, 2.05) is 0 Å². The molecule has 0 radical (unpaired) electrons. The third-order valence-electron chi connectivity index (χ3n) is 8.49. The van der Waals surface area contributed by atoms with Crippen LogP contribution in [0.2, 0.25) is 0 Å². The largest absolute Gasteiger partial charge is 0.472 e. The molecule has 2 atom stereocenters. The number of hydrogen-bond acceptors (Lipinski definition) is 4. The zero-order valence-corrected chi connectivity index (χ0v) is 30.4. The molecule has 0 rings (SSSR count). The molecule has 3 N–H and O–H groups in total. The van der Waals surface area contributed by atoms with E-state index in [1.165, 1.54) is 148 Å². The van der Waals surface area contributed by atoms with Gasteiger partial charge in [-0.2, -0.15) is 0 Å². The molecule has 0 aromatic heterocycles. The SMILES string of the molecule is CCCCCCCCC=CCCCCCCCCOP(=O)(O)OC(CN)CCCCCCCCC=CCCCCCCCC. The molecule has 262 valence electrons. The molecule has 0 aliphatic rings. The summed E-state index contributed by atoms with van der Waals surface area (Å²) in [4.78, 5) is 10.1. The predicted molar refractivity (Wildman–Crippen MR) is 193 cm³/mol. The quantitative estimate of drug-likeness (QED) is 0.0404. The number of allylic oxidation sites excluding steroid dienone is 4. The summed E-state index contributed by atoms with van der Waals surface area (Å²) < 4.78 is 23.0. The fraction of sp³-hybridized carbons (Fsp3) is 0.895. The molecule has 0 saturated heterocycles. The number of rotatable bonds is 36. The maximum Gasteiger partial charge on any atom is 0.472 e. The Morgan fingerprint density at radius 2 is 0.886 bits per heavy atom. The monoisotopic (exact) mass is 642 g/mol. The molecule has 0 aliphatic carbocycles. The van der Waals surface area contributed by atoms with Crippen molar-refractivity contribution in [3.8, 4) is 0 Å².